The van der Waals surface area contributed by atoms with Gasteiger partial charge in [0.25, 0.3) is 0 Å². The van der Waals surface area contributed by atoms with Crippen molar-refractivity contribution in [3.8, 4) is 130 Å². The summed E-state index contributed by atoms with van der Waals surface area (Å²) in [5.41, 5.74) is 45.5. The first-order chi connectivity index (χ1) is 65.9. The van der Waals surface area contributed by atoms with Gasteiger partial charge in [-0.1, -0.05) is 224 Å². The summed E-state index contributed by atoms with van der Waals surface area (Å²) in [7, 11) is 0. The summed E-state index contributed by atoms with van der Waals surface area (Å²) >= 11 is 0. The van der Waals surface area contributed by atoms with Crippen molar-refractivity contribution in [2.45, 2.75) is 58.5 Å². The zero-order chi connectivity index (χ0) is 88.1. The number of aromatic nitrogens is 13. The van der Waals surface area contributed by atoms with Crippen LogP contribution in [0.4, 0.5) is 34.1 Å². The average Bonchev–Trinajstić information content (AvgIpc) is 1.49. The number of aryl methyl sites for hydroxylation is 6. The van der Waals surface area contributed by atoms with Gasteiger partial charge in [0.1, 0.15) is 45.5 Å². The van der Waals surface area contributed by atoms with E-state index in [1.54, 1.807) is 0 Å². The van der Waals surface area contributed by atoms with E-state index in [0.717, 1.165) is 51.4 Å². The minimum absolute atomic E-state index is 0.550. The van der Waals surface area contributed by atoms with E-state index in [4.69, 9.17) is 9.47 Å². The van der Waals surface area contributed by atoms with E-state index in [-0.39, 0.29) is 0 Å². The molecule has 0 radical (unpaired) electrons. The number of hydrogen-bond acceptors (Lipinski definition) is 4. The largest absolute Gasteiger partial charge is 0.466 e. The third-order valence-electron chi connectivity index (χ3n) is 30.5. The van der Waals surface area contributed by atoms with Gasteiger partial charge in [-0.3, -0.25) is 0 Å². The van der Waals surface area contributed by atoms with Gasteiger partial charge in [-0.25, -0.2) is 0 Å². The second-order valence-corrected chi connectivity index (χ2v) is 37.4. The van der Waals surface area contributed by atoms with Gasteiger partial charge in [-0.15, -0.1) is 28.1 Å². The summed E-state index contributed by atoms with van der Waals surface area (Å²) in [6, 6.07) is 125. The topological polar surface area (TPSA) is 82.7 Å². The van der Waals surface area contributed by atoms with Gasteiger partial charge in [0.15, 0.2) is 56.4 Å². The van der Waals surface area contributed by atoms with Crippen LogP contribution >= 0.6 is 0 Å². The van der Waals surface area contributed by atoms with E-state index in [9.17, 15) is 0 Å². The fourth-order valence-corrected chi connectivity index (χ4v) is 25.6. The Balaban J connectivity index is 0.0000000941. The maximum Gasteiger partial charge on any atom is 0.466 e. The maximum absolute atomic E-state index is 6.65. The Kier molecular flexibility index (Phi) is 13.6. The molecule has 7 aromatic heterocycles. The van der Waals surface area contributed by atoms with Crippen molar-refractivity contribution in [1.29, 1.82) is 0 Å². The van der Waals surface area contributed by atoms with Crippen LogP contribution in [0.2, 0.25) is 0 Å². The van der Waals surface area contributed by atoms with Gasteiger partial charge in [0.2, 0.25) is 35.7 Å². The Labute approximate surface area is 769 Å². The van der Waals surface area contributed by atoms with Crippen LogP contribution in [0.15, 0.2) is 383 Å². The van der Waals surface area contributed by atoms with Gasteiger partial charge >= 0.3 is 17.0 Å². The number of para-hydroxylation sites is 5. The highest BCUT2D eigenvalue weighted by Gasteiger charge is 2.78. The predicted molar refractivity (Wildman–Crippen MR) is 516 cm³/mol. The number of fused-ring (bicyclic) bond motifs is 22. The molecule has 11 aliphatic rings. The molecule has 0 fully saturated rings. The number of rotatable bonds is 6. The molecule has 18 heterocycles. The minimum atomic E-state index is -0.626. The molecule has 11 aliphatic heterocycles. The van der Waals surface area contributed by atoms with Crippen molar-refractivity contribution in [3.63, 3.8) is 0 Å². The Morgan fingerprint density at radius 2 is 0.545 bits per heavy atom. The number of anilines is 6. The molecule has 3 spiro atoms. The molecule has 0 saturated carbocycles. The molecular weight excluding hydrogens is 1650 g/mol. The van der Waals surface area contributed by atoms with E-state index in [1.165, 1.54) is 202 Å². The summed E-state index contributed by atoms with van der Waals surface area (Å²) < 4.78 is 45.1. The second-order valence-electron chi connectivity index (χ2n) is 37.4. The highest BCUT2D eigenvalue weighted by atomic mass is 16.5. The van der Waals surface area contributed by atoms with Crippen LogP contribution in [0.1, 0.15) is 67.5 Å². The van der Waals surface area contributed by atoms with E-state index < -0.39 is 17.0 Å². The lowest BCUT2D eigenvalue weighted by Crippen LogP contribution is -2.75. The molecule has 17 nitrogen and oxygen atoms in total. The molecule has 22 aromatic rings. The summed E-state index contributed by atoms with van der Waals surface area (Å²) in [6.07, 6.45) is 14.0. The number of ether oxygens (including phenoxy) is 2. The number of benzene rings is 15. The monoisotopic (exact) mass is 1730 g/mol. The minimum Gasteiger partial charge on any atom is -0.453 e. The van der Waals surface area contributed by atoms with Gasteiger partial charge in [-0.05, 0) is 202 Å². The first kappa shape index (κ1) is 72.5. The Bertz CT molecular complexity index is 9040. The Morgan fingerprint density at radius 3 is 1.00 bits per heavy atom. The summed E-state index contributed by atoms with van der Waals surface area (Å²) in [5, 5.41) is 2.60. The predicted octanol–water partition coefficient (Wildman–Crippen LogP) is 22.3. The molecule has 0 saturated heterocycles. The lowest BCUT2D eigenvalue weighted by Gasteiger charge is -2.38. The number of hydrogen-bond donors (Lipinski definition) is 0. The molecular formula is C117H81N15O2+6. The quantitative estimate of drug-likeness (QED) is 0.155. The van der Waals surface area contributed by atoms with Crippen LogP contribution in [0.25, 0.3) is 128 Å². The van der Waals surface area contributed by atoms with Crippen LogP contribution in [-0.2, 0) is 17.0 Å². The average molecular weight is 1730 g/mol. The van der Waals surface area contributed by atoms with Gasteiger partial charge in [0.05, 0.1) is 91.8 Å². The summed E-state index contributed by atoms with van der Waals surface area (Å²) in [6.45, 7) is 13.4. The molecule has 17 heteroatoms. The molecule has 0 N–H and O–H groups in total. The van der Waals surface area contributed by atoms with Crippen LogP contribution in [-0.4, -0.2) is 32.7 Å². The third-order valence-corrected chi connectivity index (χ3v) is 30.5. The van der Waals surface area contributed by atoms with Crippen LogP contribution in [0.3, 0.4) is 0 Å². The van der Waals surface area contributed by atoms with Crippen LogP contribution in [0.5, 0.6) is 23.0 Å². The lowest BCUT2D eigenvalue weighted by molar-refractivity contribution is -1.02. The van der Waals surface area contributed by atoms with Gasteiger partial charge in [-0.2, -0.15) is 0 Å². The SMILES string of the molecule is Cc1cc(C)[n+]2n1-c1ccc3c4c1C21c2c(cccc2-n2cc(-c5ccc(-c6ccccc6)cc5)c[n+]21)N4c1ccccc1O3.Cc1cc(C)[n+]2n1-c1cccc3c1C21c2c(ccc4c2N3c2ccccc2O4)-n2cc(-c3ccc(-c4ccccc4)cc3)c[n+]21.Cc1cc(C)[n+]2n1-c1cccc3c1C21c2c(ccc4c5ccccc5n-3c24)-n2cc(-c3ccc(-c4ccccc4)cc3)c[n+]21. The van der Waals surface area contributed by atoms with Crippen molar-refractivity contribution in [1.82, 2.24) is 32.7 Å². The van der Waals surface area contributed by atoms with E-state index in [2.05, 4.69) is 483 Å². The van der Waals surface area contributed by atoms with E-state index in [1.807, 2.05) is 12.1 Å². The smallest absolute Gasteiger partial charge is 0.453 e. The van der Waals surface area contributed by atoms with Crippen molar-refractivity contribution in [2.75, 3.05) is 9.80 Å². The molecule has 0 amide bonds. The van der Waals surface area contributed by atoms with Crippen molar-refractivity contribution in [3.05, 3.63) is 451 Å². The molecule has 3 atom stereocenters. The summed E-state index contributed by atoms with van der Waals surface area (Å²) in [4.78, 5) is 4.86. The van der Waals surface area contributed by atoms with Crippen LogP contribution in [0, 0.1) is 41.5 Å². The molecule has 0 aliphatic carbocycles. The zero-order valence-electron chi connectivity index (χ0n) is 73.9. The molecule has 33 rings (SSSR count). The summed E-state index contributed by atoms with van der Waals surface area (Å²) in [5.74, 6) is 3.51. The third kappa shape index (κ3) is 8.60. The zero-order valence-corrected chi connectivity index (χ0v) is 73.9. The molecule has 3 unspecified atom stereocenters. The molecule has 630 valence electrons. The van der Waals surface area contributed by atoms with Gasteiger partial charge < -0.3 is 23.8 Å². The molecule has 15 aromatic carbocycles. The Hall–Kier alpha value is -17.4. The fraction of sp³-hybridized carbons (Fsp3) is 0.0769. The number of nitrogens with zero attached hydrogens (tertiary/aromatic N) is 15. The van der Waals surface area contributed by atoms with E-state index >= 15 is 0 Å². The lowest BCUT2D eigenvalue weighted by atomic mass is 9.82. The Morgan fingerprint density at radius 1 is 0.231 bits per heavy atom. The van der Waals surface area contributed by atoms with Gasteiger partial charge in [0, 0.05) is 49.7 Å². The highest BCUT2D eigenvalue weighted by Crippen LogP contribution is 2.66. The normalized spacial score (nSPS) is 16.8. The highest BCUT2D eigenvalue weighted by molar-refractivity contribution is 6.13. The van der Waals surface area contributed by atoms with Crippen molar-refractivity contribution < 1.29 is 37.6 Å². The standard InChI is InChI=1S/2C39H27N5O.C39H27N5/c1-24-21-25(2)44-39-36-32(12-8-13-33(36)43(24)44)42-30-11-6-7-14-34(30)45-35-20-19-31(37(39)38(35)42)40-22-29(23-41(39)40)28-17-15-27(16-18-28)26-9-4-3-5-10-26;1-24-21-25(2)44-39-36-31(40-22-29(23-41(39)40)28-17-15-27(16-18-28)26-9-4-3-5-10-26)12-8-13-32(36)42-30-11-6-7-14-34(30)45-35-20-19-33(43(24)44)37(39)38(35)42;1-24-21-25(2)44-39-36-34(13-8-14-35(36)43(24)44)42-32-12-7-6-11-30(32)31-19-20-33(37(39)38(31)42)40-22-29(23-41(39)40)28-17-15-27(16-18-28)26-9-4-3-5-10-26/h2*3-23H,1-2H3;3-23H,1-2H3/q3*+2. The maximum atomic E-state index is 6.65. The first-order valence-corrected chi connectivity index (χ1v) is 46.2. The molecule has 134 heavy (non-hydrogen) atoms. The van der Waals surface area contributed by atoms with Crippen LogP contribution < -0.4 is 47.4 Å². The van der Waals surface area contributed by atoms with Crippen molar-refractivity contribution in [2.24, 2.45) is 0 Å². The second kappa shape index (κ2) is 25.2. The first-order valence-electron chi connectivity index (χ1n) is 46.2. The van der Waals surface area contributed by atoms with Crippen molar-refractivity contribution >= 4 is 55.9 Å². The fourth-order valence-electron chi connectivity index (χ4n) is 25.6. The van der Waals surface area contributed by atoms with E-state index in [0.29, 0.717) is 0 Å². The molecule has 0 bridgehead atoms.